The van der Waals surface area contributed by atoms with E-state index in [0.717, 1.165) is 17.2 Å². The molecule has 112 valence electrons. The Hall–Kier alpha value is -1.48. The molecule has 2 rings (SSSR count). The predicted molar refractivity (Wildman–Crippen MR) is 81.2 cm³/mol. The monoisotopic (exact) mass is 346 g/mol. The maximum Gasteiger partial charge on any atom is 0.300 e. The molecule has 6 nitrogen and oxygen atoms in total. The Kier molecular flexibility index (Phi) is 4.62. The van der Waals surface area contributed by atoms with E-state index in [2.05, 4.69) is 4.72 Å². The average molecular weight is 347 g/mol. The molecule has 0 spiro atoms. The summed E-state index contributed by atoms with van der Waals surface area (Å²) >= 11 is 6.33. The van der Waals surface area contributed by atoms with Crippen LogP contribution in [0.25, 0.3) is 0 Å². The van der Waals surface area contributed by atoms with Crippen molar-refractivity contribution in [2.75, 3.05) is 0 Å². The zero-order valence-electron chi connectivity index (χ0n) is 10.9. The van der Waals surface area contributed by atoms with Crippen molar-refractivity contribution in [1.82, 2.24) is 4.72 Å². The van der Waals surface area contributed by atoms with Gasteiger partial charge in [0.1, 0.15) is 4.21 Å². The predicted octanol–water partition coefficient (Wildman–Crippen LogP) is 3.10. The summed E-state index contributed by atoms with van der Waals surface area (Å²) in [5.74, 6) is 0. The van der Waals surface area contributed by atoms with Gasteiger partial charge in [-0.05, 0) is 12.5 Å². The van der Waals surface area contributed by atoms with E-state index in [0.29, 0.717) is 11.3 Å². The van der Waals surface area contributed by atoms with Gasteiger partial charge in [0.25, 0.3) is 15.7 Å². The Bertz CT molecular complexity index is 769. The fraction of sp³-hybridized carbons (Fsp3) is 0.167. The van der Waals surface area contributed by atoms with Crippen molar-refractivity contribution in [3.05, 3.63) is 55.9 Å². The molecule has 0 aliphatic heterocycles. The number of benzene rings is 1. The number of thiophene rings is 1. The Labute approximate surface area is 130 Å². The van der Waals surface area contributed by atoms with E-state index < -0.39 is 20.6 Å². The lowest BCUT2D eigenvalue weighted by molar-refractivity contribution is -0.384. The summed E-state index contributed by atoms with van der Waals surface area (Å²) < 4.78 is 26.2. The first-order chi connectivity index (χ1) is 9.79. The second kappa shape index (κ2) is 6.10. The zero-order chi connectivity index (χ0) is 15.6. The van der Waals surface area contributed by atoms with Gasteiger partial charge < -0.3 is 0 Å². The van der Waals surface area contributed by atoms with Crippen LogP contribution >= 0.6 is 22.9 Å². The minimum absolute atomic E-state index is 0.103. The second-order valence-electron chi connectivity index (χ2n) is 4.29. The summed E-state index contributed by atoms with van der Waals surface area (Å²) in [5, 5.41) is 10.7. The molecule has 1 aromatic carbocycles. The third-order valence-electron chi connectivity index (χ3n) is 2.69. The normalized spacial score (nSPS) is 11.5. The van der Waals surface area contributed by atoms with Gasteiger partial charge in [0, 0.05) is 12.6 Å². The molecule has 1 heterocycles. The molecule has 1 N–H and O–H groups in total. The van der Waals surface area contributed by atoms with E-state index in [1.165, 1.54) is 0 Å². The highest BCUT2D eigenvalue weighted by atomic mass is 35.5. The smallest absolute Gasteiger partial charge is 0.258 e. The molecule has 0 aliphatic rings. The van der Waals surface area contributed by atoms with Gasteiger partial charge in [0.2, 0.25) is 0 Å². The summed E-state index contributed by atoms with van der Waals surface area (Å²) in [7, 11) is -3.82. The summed E-state index contributed by atoms with van der Waals surface area (Å²) in [6.07, 6.45) is 0. The summed E-state index contributed by atoms with van der Waals surface area (Å²) in [4.78, 5) is 9.98. The number of halogens is 1. The lowest BCUT2D eigenvalue weighted by atomic mass is 10.2. The largest absolute Gasteiger partial charge is 0.300 e. The third kappa shape index (κ3) is 3.79. The zero-order valence-corrected chi connectivity index (χ0v) is 13.3. The maximum absolute atomic E-state index is 12.1. The first-order valence-corrected chi connectivity index (χ1v) is 8.46. The van der Waals surface area contributed by atoms with Crippen molar-refractivity contribution in [2.24, 2.45) is 0 Å². The van der Waals surface area contributed by atoms with E-state index >= 15 is 0 Å². The van der Waals surface area contributed by atoms with Crippen molar-refractivity contribution < 1.29 is 13.3 Å². The van der Waals surface area contributed by atoms with Crippen molar-refractivity contribution in [1.29, 1.82) is 0 Å². The van der Waals surface area contributed by atoms with E-state index in [1.807, 2.05) is 31.2 Å². The quantitative estimate of drug-likeness (QED) is 0.665. The van der Waals surface area contributed by atoms with E-state index in [9.17, 15) is 18.5 Å². The molecular formula is C12H11ClN2O4S2. The van der Waals surface area contributed by atoms with Crippen LogP contribution in [-0.4, -0.2) is 13.3 Å². The van der Waals surface area contributed by atoms with Crippen LogP contribution in [0.5, 0.6) is 0 Å². The number of rotatable bonds is 5. The molecule has 0 radical (unpaired) electrons. The first kappa shape index (κ1) is 15.9. The highest BCUT2D eigenvalue weighted by Crippen LogP contribution is 2.36. The van der Waals surface area contributed by atoms with Crippen LogP contribution in [0.15, 0.2) is 34.5 Å². The number of nitro groups is 1. The lowest BCUT2D eigenvalue weighted by Crippen LogP contribution is -2.22. The molecule has 0 fully saturated rings. The van der Waals surface area contributed by atoms with Crippen LogP contribution in [0.4, 0.5) is 5.69 Å². The average Bonchev–Trinajstić information content (AvgIpc) is 2.81. The van der Waals surface area contributed by atoms with Crippen molar-refractivity contribution >= 4 is 38.6 Å². The standard InChI is InChI=1S/C12H11ClN2O4S2/c1-8-2-4-9(5-3-8)7-14-21(18,19)11-6-10(15(16)17)12(13)20-11/h2-6,14H,7H2,1H3. The molecule has 0 aliphatic carbocycles. The Balaban J connectivity index is 2.17. The number of aryl methyl sites for hydroxylation is 1. The summed E-state index contributed by atoms with van der Waals surface area (Å²) in [6, 6.07) is 8.32. The topological polar surface area (TPSA) is 89.3 Å². The number of nitrogens with one attached hydrogen (secondary N) is 1. The number of hydrogen-bond acceptors (Lipinski definition) is 5. The van der Waals surface area contributed by atoms with Crippen molar-refractivity contribution in [3.8, 4) is 0 Å². The van der Waals surface area contributed by atoms with Crippen LogP contribution in [0.1, 0.15) is 11.1 Å². The van der Waals surface area contributed by atoms with Gasteiger partial charge in [-0.1, -0.05) is 41.4 Å². The molecule has 0 saturated heterocycles. The van der Waals surface area contributed by atoms with Gasteiger partial charge in [0.15, 0.2) is 4.34 Å². The molecule has 0 saturated carbocycles. The summed E-state index contributed by atoms with van der Waals surface area (Å²) in [5.41, 5.74) is 1.46. The van der Waals surface area contributed by atoms with E-state index in [-0.39, 0.29) is 15.1 Å². The number of hydrogen-bond donors (Lipinski definition) is 1. The molecule has 9 heteroatoms. The molecule has 0 bridgehead atoms. The minimum atomic E-state index is -3.82. The highest BCUT2D eigenvalue weighted by molar-refractivity contribution is 7.91. The molecule has 21 heavy (non-hydrogen) atoms. The SMILES string of the molecule is Cc1ccc(CNS(=O)(=O)c2cc([N+](=O)[O-])c(Cl)s2)cc1. The molecule has 0 amide bonds. The van der Waals surface area contributed by atoms with Gasteiger partial charge in [-0.15, -0.1) is 11.3 Å². The van der Waals surface area contributed by atoms with Crippen molar-refractivity contribution in [2.45, 2.75) is 17.7 Å². The molecule has 1 aromatic heterocycles. The Morgan fingerprint density at radius 1 is 1.33 bits per heavy atom. The van der Waals surface area contributed by atoms with Gasteiger partial charge in [-0.25, -0.2) is 13.1 Å². The van der Waals surface area contributed by atoms with Gasteiger partial charge in [-0.2, -0.15) is 0 Å². The molecule has 0 unspecified atom stereocenters. The van der Waals surface area contributed by atoms with E-state index in [4.69, 9.17) is 11.6 Å². The van der Waals surface area contributed by atoms with Crippen LogP contribution in [0.3, 0.4) is 0 Å². The number of nitrogens with zero attached hydrogens (tertiary/aromatic N) is 1. The summed E-state index contributed by atoms with van der Waals surface area (Å²) in [6.45, 7) is 2.03. The van der Waals surface area contributed by atoms with Crippen molar-refractivity contribution in [3.63, 3.8) is 0 Å². The van der Waals surface area contributed by atoms with Gasteiger partial charge >= 0.3 is 0 Å². The van der Waals surface area contributed by atoms with Crippen LogP contribution in [-0.2, 0) is 16.6 Å². The van der Waals surface area contributed by atoms with Gasteiger partial charge in [-0.3, -0.25) is 10.1 Å². The van der Waals surface area contributed by atoms with Crippen LogP contribution in [0, 0.1) is 17.0 Å². The van der Waals surface area contributed by atoms with Crippen LogP contribution < -0.4 is 4.72 Å². The second-order valence-corrected chi connectivity index (χ2v) is 7.94. The minimum Gasteiger partial charge on any atom is -0.258 e. The fourth-order valence-electron chi connectivity index (χ4n) is 1.55. The third-order valence-corrected chi connectivity index (χ3v) is 5.91. The van der Waals surface area contributed by atoms with Gasteiger partial charge in [0.05, 0.1) is 4.92 Å². The first-order valence-electron chi connectivity index (χ1n) is 5.78. The highest BCUT2D eigenvalue weighted by Gasteiger charge is 2.24. The Morgan fingerprint density at radius 3 is 2.48 bits per heavy atom. The van der Waals surface area contributed by atoms with Crippen LogP contribution in [0.2, 0.25) is 4.34 Å². The Morgan fingerprint density at radius 2 is 1.95 bits per heavy atom. The molecular weight excluding hydrogens is 336 g/mol. The molecule has 0 atom stereocenters. The lowest BCUT2D eigenvalue weighted by Gasteiger charge is -2.04. The fourth-order valence-corrected chi connectivity index (χ4v) is 4.28. The number of sulfonamides is 1. The maximum atomic E-state index is 12.1. The molecule has 2 aromatic rings. The van der Waals surface area contributed by atoms with E-state index in [1.54, 1.807) is 0 Å².